The highest BCUT2D eigenvalue weighted by atomic mass is 16.6. The quantitative estimate of drug-likeness (QED) is 0.463. The van der Waals surface area contributed by atoms with Crippen molar-refractivity contribution in [3.05, 3.63) is 29.1 Å². The van der Waals surface area contributed by atoms with Crippen LogP contribution in [0, 0.1) is 0 Å². The highest BCUT2D eigenvalue weighted by molar-refractivity contribution is 5.49. The first-order valence-corrected chi connectivity index (χ1v) is 6.40. The van der Waals surface area contributed by atoms with Crippen LogP contribution in [0.15, 0.2) is 23.4 Å². The first kappa shape index (κ1) is 14.6. The fourth-order valence-electron chi connectivity index (χ4n) is 2.28. The number of nitrogen functional groups attached to an aromatic ring is 1. The first-order chi connectivity index (χ1) is 10.5. The molecule has 1 saturated heterocycles. The van der Waals surface area contributed by atoms with Gasteiger partial charge in [0.05, 0.1) is 19.0 Å². The molecule has 118 valence electrons. The number of hydrogen-bond donors (Lipinski definition) is 4. The summed E-state index contributed by atoms with van der Waals surface area (Å²) in [6.45, 7) is -0.498. The topological polar surface area (TPSA) is 162 Å². The Kier molecular flexibility index (Phi) is 3.62. The molecule has 0 bridgehead atoms. The number of ether oxygens (including phenoxy) is 1. The molecule has 3 rings (SSSR count). The summed E-state index contributed by atoms with van der Waals surface area (Å²) in [5.74, 6) is -0.0708. The summed E-state index contributed by atoms with van der Waals surface area (Å²) in [4.78, 5) is 15.6. The summed E-state index contributed by atoms with van der Waals surface area (Å²) >= 11 is 0. The molecule has 1 fully saturated rings. The maximum absolute atomic E-state index is 12.0. The fourth-order valence-corrected chi connectivity index (χ4v) is 2.28. The van der Waals surface area contributed by atoms with Crippen molar-refractivity contribution >= 4 is 5.82 Å². The van der Waals surface area contributed by atoms with Crippen molar-refractivity contribution in [1.82, 2.24) is 24.5 Å². The average molecular weight is 310 g/mol. The van der Waals surface area contributed by atoms with Crippen LogP contribution in [0.1, 0.15) is 6.23 Å². The summed E-state index contributed by atoms with van der Waals surface area (Å²) in [7, 11) is 0. The van der Waals surface area contributed by atoms with Gasteiger partial charge < -0.3 is 25.8 Å². The minimum Gasteiger partial charge on any atom is -0.394 e. The Morgan fingerprint density at radius 3 is 2.73 bits per heavy atom. The van der Waals surface area contributed by atoms with Crippen molar-refractivity contribution in [2.75, 3.05) is 12.3 Å². The molecule has 1 unspecified atom stereocenters. The van der Waals surface area contributed by atoms with Crippen LogP contribution in [0.3, 0.4) is 0 Å². The molecule has 0 amide bonds. The summed E-state index contributed by atoms with van der Waals surface area (Å²) in [5, 5.41) is 36.2. The molecule has 4 atom stereocenters. The first-order valence-electron chi connectivity index (χ1n) is 6.40. The summed E-state index contributed by atoms with van der Waals surface area (Å²) in [6.07, 6.45) is -0.715. The zero-order chi connectivity index (χ0) is 15.9. The monoisotopic (exact) mass is 310 g/mol. The van der Waals surface area contributed by atoms with E-state index in [1.807, 2.05) is 0 Å². The molecule has 2 aromatic rings. The number of nitrogens with zero attached hydrogens (tertiary/aromatic N) is 5. The Morgan fingerprint density at radius 1 is 1.36 bits per heavy atom. The van der Waals surface area contributed by atoms with Gasteiger partial charge in [0, 0.05) is 6.20 Å². The van der Waals surface area contributed by atoms with E-state index in [-0.39, 0.29) is 11.5 Å². The number of aliphatic hydroxyl groups is 3. The van der Waals surface area contributed by atoms with Crippen molar-refractivity contribution in [3.8, 4) is 5.69 Å². The second-order valence-corrected chi connectivity index (χ2v) is 4.78. The fraction of sp³-hybridized carbons (Fsp3) is 0.455. The van der Waals surface area contributed by atoms with Gasteiger partial charge in [0.25, 0.3) is 0 Å². The van der Waals surface area contributed by atoms with E-state index in [2.05, 4.69) is 15.3 Å². The molecule has 11 heteroatoms. The van der Waals surface area contributed by atoms with E-state index in [4.69, 9.17) is 15.6 Å². The largest absolute Gasteiger partial charge is 0.394 e. The second-order valence-electron chi connectivity index (χ2n) is 4.78. The highest BCUT2D eigenvalue weighted by Gasteiger charge is 2.44. The molecular weight excluding hydrogens is 296 g/mol. The minimum atomic E-state index is -1.40. The van der Waals surface area contributed by atoms with Crippen molar-refractivity contribution < 1.29 is 20.1 Å². The molecule has 0 aliphatic carbocycles. The van der Waals surface area contributed by atoms with E-state index in [1.54, 1.807) is 0 Å². The van der Waals surface area contributed by atoms with E-state index in [9.17, 15) is 15.0 Å². The molecule has 11 nitrogen and oxygen atoms in total. The van der Waals surface area contributed by atoms with Crippen LogP contribution in [0.5, 0.6) is 0 Å². The summed E-state index contributed by atoms with van der Waals surface area (Å²) < 4.78 is 7.58. The van der Waals surface area contributed by atoms with Crippen molar-refractivity contribution in [3.63, 3.8) is 0 Å². The Balaban J connectivity index is 2.05. The lowest BCUT2D eigenvalue weighted by Crippen LogP contribution is -2.36. The van der Waals surface area contributed by atoms with E-state index >= 15 is 0 Å². The van der Waals surface area contributed by atoms with Crippen LogP contribution in [0.25, 0.3) is 5.69 Å². The molecule has 1 aliphatic rings. The van der Waals surface area contributed by atoms with Gasteiger partial charge in [0.15, 0.2) is 12.0 Å². The summed E-state index contributed by atoms with van der Waals surface area (Å²) in [6, 6.07) is 0. The third-order valence-corrected chi connectivity index (χ3v) is 3.42. The van der Waals surface area contributed by atoms with Crippen LogP contribution in [0.4, 0.5) is 5.82 Å². The van der Waals surface area contributed by atoms with Gasteiger partial charge in [-0.1, -0.05) is 5.21 Å². The number of hydrogen-bond acceptors (Lipinski definition) is 9. The smallest absolute Gasteiger partial charge is 0.351 e. The Hall–Kier alpha value is -2.34. The number of aliphatic hydroxyl groups excluding tert-OH is 3. The van der Waals surface area contributed by atoms with Crippen LogP contribution in [-0.2, 0) is 4.74 Å². The zero-order valence-electron chi connectivity index (χ0n) is 11.2. The van der Waals surface area contributed by atoms with Crippen LogP contribution < -0.4 is 11.4 Å². The van der Waals surface area contributed by atoms with E-state index in [0.29, 0.717) is 0 Å². The summed E-state index contributed by atoms with van der Waals surface area (Å²) in [5.41, 5.74) is 5.18. The molecule has 2 aromatic heterocycles. The third kappa shape index (κ3) is 2.25. The average Bonchev–Trinajstić information content (AvgIpc) is 3.10. The van der Waals surface area contributed by atoms with Gasteiger partial charge in [-0.05, 0) is 0 Å². The molecule has 0 saturated carbocycles. The van der Waals surface area contributed by atoms with E-state index in [0.717, 1.165) is 4.57 Å². The van der Waals surface area contributed by atoms with Crippen molar-refractivity contribution in [2.45, 2.75) is 24.5 Å². The lowest BCUT2D eigenvalue weighted by atomic mass is 10.1. The van der Waals surface area contributed by atoms with Gasteiger partial charge in [-0.25, -0.2) is 9.48 Å². The number of anilines is 1. The highest BCUT2D eigenvalue weighted by Crippen LogP contribution is 2.28. The lowest BCUT2D eigenvalue weighted by Gasteiger charge is -2.18. The number of nitrogens with two attached hydrogens (primary N) is 1. The maximum Gasteiger partial charge on any atom is 0.351 e. The van der Waals surface area contributed by atoms with Crippen molar-refractivity contribution in [2.24, 2.45) is 0 Å². The van der Waals surface area contributed by atoms with Gasteiger partial charge in [-0.15, -0.1) is 5.10 Å². The van der Waals surface area contributed by atoms with Gasteiger partial charge in [-0.3, -0.25) is 4.57 Å². The van der Waals surface area contributed by atoms with Crippen LogP contribution >= 0.6 is 0 Å². The van der Waals surface area contributed by atoms with Crippen LogP contribution in [-0.4, -0.2) is 64.8 Å². The van der Waals surface area contributed by atoms with Gasteiger partial charge in [-0.2, -0.15) is 4.98 Å². The Bertz CT molecular complexity index is 716. The predicted molar refractivity (Wildman–Crippen MR) is 70.8 cm³/mol. The SMILES string of the molecule is Nc1nc(=O)n([C@@H]2O[C@H](CO)C(O)[C@@H]2O)cc1-n1ccnn1. The number of aromatic nitrogens is 5. The molecule has 1 aliphatic heterocycles. The normalized spacial score (nSPS) is 28.1. The molecule has 3 heterocycles. The zero-order valence-corrected chi connectivity index (χ0v) is 11.2. The van der Waals surface area contributed by atoms with Crippen molar-refractivity contribution in [1.29, 1.82) is 0 Å². The van der Waals surface area contributed by atoms with Gasteiger partial charge >= 0.3 is 5.69 Å². The maximum atomic E-state index is 12.0. The molecule has 22 heavy (non-hydrogen) atoms. The predicted octanol–water partition coefficient (Wildman–Crippen LogP) is -2.98. The number of rotatable bonds is 3. The molecule has 5 N–H and O–H groups in total. The standard InChI is InChI=1S/C11H14N6O5/c12-9-5(17-2-1-13-15-17)3-16(11(21)14-9)10-8(20)7(19)6(4-18)22-10/h1-3,6-8,10,18-20H,4H2,(H2,12,14,21)/t6-,7?,8+,10-/m1/s1. The molecule has 0 aromatic carbocycles. The van der Waals surface area contributed by atoms with E-state index < -0.39 is 36.8 Å². The second kappa shape index (κ2) is 5.46. The van der Waals surface area contributed by atoms with Crippen LogP contribution in [0.2, 0.25) is 0 Å². The Labute approximate surface area is 123 Å². The molecule has 0 radical (unpaired) electrons. The molecular formula is C11H14N6O5. The minimum absolute atomic E-state index is 0.0708. The van der Waals surface area contributed by atoms with Gasteiger partial charge in [0.2, 0.25) is 0 Å². The molecule has 0 spiro atoms. The lowest BCUT2D eigenvalue weighted by molar-refractivity contribution is -0.0549. The van der Waals surface area contributed by atoms with E-state index in [1.165, 1.54) is 23.3 Å². The van der Waals surface area contributed by atoms with Gasteiger partial charge in [0.1, 0.15) is 24.0 Å². The Morgan fingerprint density at radius 2 is 2.14 bits per heavy atom. The third-order valence-electron chi connectivity index (χ3n) is 3.42.